The van der Waals surface area contributed by atoms with Gasteiger partial charge >= 0.3 is 0 Å². The van der Waals surface area contributed by atoms with Gasteiger partial charge in [-0.2, -0.15) is 0 Å². The van der Waals surface area contributed by atoms with Gasteiger partial charge in [-0.3, -0.25) is 0 Å². The van der Waals surface area contributed by atoms with Gasteiger partial charge in [0.25, 0.3) is 0 Å². The summed E-state index contributed by atoms with van der Waals surface area (Å²) in [5, 5.41) is 8.22. The number of hydrogen-bond acceptors (Lipinski definition) is 4. The summed E-state index contributed by atoms with van der Waals surface area (Å²) in [5.74, 6) is 0. The van der Waals surface area contributed by atoms with E-state index < -0.39 is 6.29 Å². The van der Waals surface area contributed by atoms with Gasteiger partial charge in [0.15, 0.2) is 0 Å². The van der Waals surface area contributed by atoms with Crippen molar-refractivity contribution in [3.05, 3.63) is 0 Å². The zero-order valence-electron chi connectivity index (χ0n) is 7.46. The minimum Gasteiger partial charge on any atom is -0.249 e. The zero-order chi connectivity index (χ0) is 8.91. The lowest BCUT2D eigenvalue weighted by molar-refractivity contribution is -0.470. The molecule has 1 atom stereocenters. The Balaban J connectivity index is 3.51. The third kappa shape index (κ3) is 6.25. The molecule has 0 saturated heterocycles. The lowest BCUT2D eigenvalue weighted by atomic mass is 10.2. The Hall–Kier alpha value is -0.160. The molecule has 0 spiro atoms. The third-order valence-corrected chi connectivity index (χ3v) is 0.856. The van der Waals surface area contributed by atoms with Crippen LogP contribution >= 0.6 is 0 Å². The normalized spacial score (nSPS) is 15.0. The molecule has 4 nitrogen and oxygen atoms in total. The Morgan fingerprint density at radius 2 is 1.91 bits per heavy atom. The van der Waals surface area contributed by atoms with Crippen LogP contribution in [0, 0.1) is 0 Å². The van der Waals surface area contributed by atoms with E-state index >= 15 is 0 Å². The highest BCUT2D eigenvalue weighted by Crippen LogP contribution is 2.10. The summed E-state index contributed by atoms with van der Waals surface area (Å²) in [6.45, 7) is 7.35. The molecule has 1 unspecified atom stereocenters. The maximum absolute atomic E-state index is 8.22. The fourth-order valence-corrected chi connectivity index (χ4v) is 0.358. The monoisotopic (exact) mass is 164 g/mol. The first-order chi connectivity index (χ1) is 4.99. The topological polar surface area (TPSA) is 47.9 Å². The van der Waals surface area contributed by atoms with E-state index in [2.05, 4.69) is 4.89 Å². The molecule has 0 amide bonds. The van der Waals surface area contributed by atoms with Crippen LogP contribution < -0.4 is 0 Å². The van der Waals surface area contributed by atoms with Gasteiger partial charge in [-0.1, -0.05) is 6.92 Å². The van der Waals surface area contributed by atoms with E-state index in [1.807, 2.05) is 27.7 Å². The van der Waals surface area contributed by atoms with Crippen LogP contribution in [0.1, 0.15) is 34.1 Å². The van der Waals surface area contributed by atoms with Crippen LogP contribution in [-0.4, -0.2) is 17.1 Å². The molecular weight excluding hydrogens is 148 g/mol. The number of hydrogen-bond donors (Lipinski definition) is 1. The molecule has 1 N–H and O–H groups in total. The van der Waals surface area contributed by atoms with Crippen molar-refractivity contribution in [2.45, 2.75) is 46.0 Å². The molecule has 0 heterocycles. The first-order valence-electron chi connectivity index (χ1n) is 3.64. The van der Waals surface area contributed by atoms with E-state index in [9.17, 15) is 0 Å². The second-order valence-corrected chi connectivity index (χ2v) is 3.24. The van der Waals surface area contributed by atoms with Crippen LogP contribution in [0.5, 0.6) is 0 Å². The molecule has 0 aliphatic heterocycles. The Labute approximate surface area is 66.9 Å². The van der Waals surface area contributed by atoms with Gasteiger partial charge in [-0.25, -0.2) is 19.9 Å². The molecule has 0 aromatic carbocycles. The van der Waals surface area contributed by atoms with Gasteiger partial charge in [0.2, 0.25) is 6.29 Å². The Morgan fingerprint density at radius 1 is 1.36 bits per heavy atom. The van der Waals surface area contributed by atoms with Gasteiger partial charge in [-0.05, 0) is 20.8 Å². The number of rotatable bonds is 4. The van der Waals surface area contributed by atoms with Crippen molar-refractivity contribution in [1.29, 1.82) is 0 Å². The first-order valence-corrected chi connectivity index (χ1v) is 3.64. The molecule has 0 bridgehead atoms. The van der Waals surface area contributed by atoms with E-state index in [0.29, 0.717) is 6.42 Å². The molecule has 4 heteroatoms. The highest BCUT2D eigenvalue weighted by atomic mass is 17.3. The predicted octanol–water partition coefficient (Wildman–Crippen LogP) is 1.96. The molecule has 11 heavy (non-hydrogen) atoms. The molecule has 0 aliphatic carbocycles. The quantitative estimate of drug-likeness (QED) is 0.392. The molecule has 68 valence electrons. The third-order valence-electron chi connectivity index (χ3n) is 0.856. The van der Waals surface area contributed by atoms with E-state index in [4.69, 9.17) is 15.0 Å². The molecule has 0 aromatic heterocycles. The predicted molar refractivity (Wildman–Crippen MR) is 39.7 cm³/mol. The zero-order valence-corrected chi connectivity index (χ0v) is 7.46. The van der Waals surface area contributed by atoms with Gasteiger partial charge < -0.3 is 0 Å². The van der Waals surface area contributed by atoms with Crippen molar-refractivity contribution >= 4 is 0 Å². The summed E-state index contributed by atoms with van der Waals surface area (Å²) < 4.78 is 0. The van der Waals surface area contributed by atoms with Gasteiger partial charge in [-0.15, -0.1) is 0 Å². The van der Waals surface area contributed by atoms with E-state index in [0.717, 1.165) is 0 Å². The van der Waals surface area contributed by atoms with Crippen molar-refractivity contribution in [2.24, 2.45) is 0 Å². The standard InChI is InChI=1S/C7H16O4/c1-5-6(9-8)10-11-7(2,3)4/h6,8H,5H2,1-4H3. The summed E-state index contributed by atoms with van der Waals surface area (Å²) in [4.78, 5) is 13.6. The van der Waals surface area contributed by atoms with Crippen molar-refractivity contribution in [1.82, 2.24) is 0 Å². The fraction of sp³-hybridized carbons (Fsp3) is 1.00. The second-order valence-electron chi connectivity index (χ2n) is 3.24. The Kier molecular flexibility index (Phi) is 4.60. The van der Waals surface area contributed by atoms with E-state index in [1.165, 1.54) is 0 Å². The Bertz CT molecular complexity index is 93.1. The maximum Gasteiger partial charge on any atom is 0.223 e. The summed E-state index contributed by atoms with van der Waals surface area (Å²) in [5.41, 5.74) is -0.383. The van der Waals surface area contributed by atoms with Gasteiger partial charge in [0.05, 0.1) is 5.60 Å². The van der Waals surface area contributed by atoms with Gasteiger partial charge in [0, 0.05) is 6.42 Å². The second kappa shape index (κ2) is 4.66. The lowest BCUT2D eigenvalue weighted by Gasteiger charge is -2.20. The minimum absolute atomic E-state index is 0.383. The van der Waals surface area contributed by atoms with E-state index in [1.54, 1.807) is 0 Å². The first kappa shape index (κ1) is 10.8. The van der Waals surface area contributed by atoms with Crippen LogP contribution in [0.3, 0.4) is 0 Å². The summed E-state index contributed by atoms with van der Waals surface area (Å²) in [6, 6.07) is 0. The highest BCUT2D eigenvalue weighted by molar-refractivity contribution is 4.54. The van der Waals surface area contributed by atoms with Crippen molar-refractivity contribution in [2.75, 3.05) is 0 Å². The highest BCUT2D eigenvalue weighted by Gasteiger charge is 2.15. The Morgan fingerprint density at radius 3 is 2.18 bits per heavy atom. The summed E-state index contributed by atoms with van der Waals surface area (Å²) in [7, 11) is 0. The van der Waals surface area contributed by atoms with Crippen molar-refractivity contribution in [3.8, 4) is 0 Å². The van der Waals surface area contributed by atoms with Crippen LogP contribution in [0.15, 0.2) is 0 Å². The summed E-state index contributed by atoms with van der Waals surface area (Å²) >= 11 is 0. The average Bonchev–Trinajstić information content (AvgIpc) is 1.88. The maximum atomic E-state index is 8.22. The lowest BCUT2D eigenvalue weighted by Crippen LogP contribution is -2.24. The smallest absolute Gasteiger partial charge is 0.223 e. The van der Waals surface area contributed by atoms with Gasteiger partial charge in [0.1, 0.15) is 0 Å². The minimum atomic E-state index is -0.700. The largest absolute Gasteiger partial charge is 0.249 e. The molecular formula is C7H16O4. The van der Waals surface area contributed by atoms with Crippen LogP contribution in [-0.2, 0) is 14.7 Å². The SMILES string of the molecule is CCC(OO)OOC(C)(C)C. The average molecular weight is 164 g/mol. The van der Waals surface area contributed by atoms with Crippen LogP contribution in [0.2, 0.25) is 0 Å². The van der Waals surface area contributed by atoms with Crippen LogP contribution in [0.25, 0.3) is 0 Å². The molecule has 0 fully saturated rings. The van der Waals surface area contributed by atoms with Crippen molar-refractivity contribution < 1.29 is 19.9 Å². The molecule has 0 saturated carbocycles. The molecule has 0 radical (unpaired) electrons. The van der Waals surface area contributed by atoms with Crippen molar-refractivity contribution in [3.63, 3.8) is 0 Å². The van der Waals surface area contributed by atoms with E-state index in [-0.39, 0.29) is 5.60 Å². The molecule has 0 aliphatic rings. The van der Waals surface area contributed by atoms with Crippen LogP contribution in [0.4, 0.5) is 0 Å². The molecule has 0 aromatic rings. The summed E-state index contributed by atoms with van der Waals surface area (Å²) in [6.07, 6.45) is -0.165. The fourth-order valence-electron chi connectivity index (χ4n) is 0.358. The molecule has 0 rings (SSSR count).